The molecular weight excluding hydrogens is 486 g/mol. The molecule has 0 aromatic carbocycles. The van der Waals surface area contributed by atoms with E-state index in [9.17, 15) is 4.79 Å². The van der Waals surface area contributed by atoms with E-state index in [4.69, 9.17) is 58.4 Å². The van der Waals surface area contributed by atoms with Gasteiger partial charge in [0, 0.05) is 4.91 Å². The Kier molecular flexibility index (Phi) is 28.3. The molecule has 0 amide bonds. The number of hydrogen-bond donors (Lipinski definition) is 2. The van der Waals surface area contributed by atoms with Crippen molar-refractivity contribution < 1.29 is 57.6 Å². The molecule has 0 spiro atoms. The van der Waals surface area contributed by atoms with E-state index in [1.54, 1.807) is 0 Å². The molecular formula is C21H41N3O12. The fraction of sp³-hybridized carbons (Fsp3) is 0.952. The van der Waals surface area contributed by atoms with E-state index in [1.807, 2.05) is 0 Å². The number of aliphatic hydroxyl groups is 1. The van der Waals surface area contributed by atoms with Crippen LogP contribution in [0.25, 0.3) is 10.4 Å². The highest BCUT2D eigenvalue weighted by molar-refractivity contribution is 5.67. The summed E-state index contributed by atoms with van der Waals surface area (Å²) in [6.07, 6.45) is -1.45. The lowest BCUT2D eigenvalue weighted by Gasteiger charge is -2.11. The topological polar surface area (TPSA) is 189 Å². The van der Waals surface area contributed by atoms with Crippen LogP contribution < -0.4 is 0 Å². The number of ether oxygens (including phenoxy) is 9. The first kappa shape index (κ1) is 34.4. The lowest BCUT2D eigenvalue weighted by molar-refractivity contribution is -0.140. The molecule has 36 heavy (non-hydrogen) atoms. The minimum absolute atomic E-state index is 0.0143. The van der Waals surface area contributed by atoms with Gasteiger partial charge in [-0.05, 0) is 5.53 Å². The summed E-state index contributed by atoms with van der Waals surface area (Å²) in [5.74, 6) is -1.11. The van der Waals surface area contributed by atoms with E-state index in [-0.39, 0.29) is 19.8 Å². The average molecular weight is 528 g/mol. The number of aliphatic hydroxyl groups excluding tert-OH is 1. The molecule has 1 atom stereocenters. The Hall–Kier alpha value is -1.62. The third kappa shape index (κ3) is 28.6. The van der Waals surface area contributed by atoms with Crippen LogP contribution in [0.1, 0.15) is 6.42 Å². The van der Waals surface area contributed by atoms with Crippen molar-refractivity contribution in [3.63, 3.8) is 0 Å². The van der Waals surface area contributed by atoms with Crippen molar-refractivity contribution in [2.75, 3.05) is 119 Å². The highest BCUT2D eigenvalue weighted by Crippen LogP contribution is 2.01. The number of carboxylic acid groups (broad SMARTS) is 1. The molecule has 0 aliphatic heterocycles. The Labute approximate surface area is 211 Å². The number of hydrogen-bond acceptors (Lipinski definition) is 12. The van der Waals surface area contributed by atoms with Gasteiger partial charge in [-0.1, -0.05) is 5.11 Å². The molecule has 0 fully saturated rings. The molecule has 0 heterocycles. The monoisotopic (exact) mass is 527 g/mol. The van der Waals surface area contributed by atoms with Crippen molar-refractivity contribution >= 4 is 5.97 Å². The zero-order valence-corrected chi connectivity index (χ0v) is 20.8. The molecule has 0 aliphatic rings. The second-order valence-corrected chi connectivity index (χ2v) is 6.75. The van der Waals surface area contributed by atoms with Gasteiger partial charge in [-0.25, -0.2) is 0 Å². The lowest BCUT2D eigenvalue weighted by atomic mass is 10.4. The van der Waals surface area contributed by atoms with Crippen molar-refractivity contribution in [1.82, 2.24) is 0 Å². The van der Waals surface area contributed by atoms with Crippen LogP contribution in [0.5, 0.6) is 0 Å². The van der Waals surface area contributed by atoms with E-state index < -0.39 is 18.6 Å². The standard InChI is InChI=1S/C21H41N3O12/c22-24-23-20(19-21(26)27)36-18-17-35-16-15-34-14-13-33-12-11-32-10-9-31-8-7-30-6-5-29-4-3-28-2-1-25/h20,25H,1-19H2,(H,26,27). The van der Waals surface area contributed by atoms with Crippen LogP contribution in [0.4, 0.5) is 0 Å². The summed E-state index contributed by atoms with van der Waals surface area (Å²) in [7, 11) is 0. The highest BCUT2D eigenvalue weighted by Gasteiger charge is 2.11. The maximum absolute atomic E-state index is 10.6. The van der Waals surface area contributed by atoms with Crippen molar-refractivity contribution in [1.29, 1.82) is 0 Å². The molecule has 0 bridgehead atoms. The lowest BCUT2D eigenvalue weighted by Crippen LogP contribution is -2.18. The first-order chi connectivity index (χ1) is 17.7. The van der Waals surface area contributed by atoms with Crippen molar-refractivity contribution in [2.45, 2.75) is 12.6 Å². The second kappa shape index (κ2) is 29.6. The number of azide groups is 1. The molecule has 0 aliphatic carbocycles. The minimum atomic E-state index is -1.11. The third-order valence-corrected chi connectivity index (χ3v) is 3.91. The van der Waals surface area contributed by atoms with Crippen LogP contribution in [-0.4, -0.2) is 141 Å². The fourth-order valence-corrected chi connectivity index (χ4v) is 2.29. The predicted molar refractivity (Wildman–Crippen MR) is 125 cm³/mol. The van der Waals surface area contributed by atoms with Gasteiger partial charge >= 0.3 is 5.97 Å². The van der Waals surface area contributed by atoms with E-state index >= 15 is 0 Å². The van der Waals surface area contributed by atoms with Gasteiger partial charge in [0.1, 0.15) is 6.23 Å². The Morgan fingerprint density at radius 3 is 1.19 bits per heavy atom. The van der Waals surface area contributed by atoms with Gasteiger partial charge in [0.05, 0.1) is 125 Å². The van der Waals surface area contributed by atoms with Crippen molar-refractivity contribution in [3.8, 4) is 0 Å². The molecule has 15 nitrogen and oxygen atoms in total. The molecule has 15 heteroatoms. The molecule has 0 saturated heterocycles. The van der Waals surface area contributed by atoms with Crippen LogP contribution >= 0.6 is 0 Å². The molecule has 0 rings (SSSR count). The van der Waals surface area contributed by atoms with E-state index in [2.05, 4.69) is 10.0 Å². The first-order valence-electron chi connectivity index (χ1n) is 11.8. The number of carboxylic acids is 1. The quantitative estimate of drug-likeness (QED) is 0.0561. The number of aliphatic carboxylic acids is 1. The minimum Gasteiger partial charge on any atom is -0.481 e. The Balaban J connectivity index is 3.16. The van der Waals surface area contributed by atoms with Gasteiger partial charge in [0.15, 0.2) is 0 Å². The van der Waals surface area contributed by atoms with Gasteiger partial charge in [0.25, 0.3) is 0 Å². The number of nitrogens with zero attached hydrogens (tertiary/aromatic N) is 3. The van der Waals surface area contributed by atoms with Crippen LogP contribution in [0.2, 0.25) is 0 Å². The highest BCUT2D eigenvalue weighted by atomic mass is 16.6. The number of rotatable bonds is 30. The summed E-state index contributed by atoms with van der Waals surface area (Å²) < 4.78 is 47.7. The largest absolute Gasteiger partial charge is 0.481 e. The first-order valence-corrected chi connectivity index (χ1v) is 11.8. The molecule has 0 saturated carbocycles. The van der Waals surface area contributed by atoms with E-state index in [0.717, 1.165) is 0 Å². The Bertz CT molecular complexity index is 526. The predicted octanol–water partition coefficient (Wildman–Crippen LogP) is 0.239. The maximum Gasteiger partial charge on any atom is 0.306 e. The smallest absolute Gasteiger partial charge is 0.306 e. The van der Waals surface area contributed by atoms with Crippen LogP contribution in [0, 0.1) is 0 Å². The third-order valence-electron chi connectivity index (χ3n) is 3.91. The van der Waals surface area contributed by atoms with E-state index in [1.165, 1.54) is 0 Å². The summed E-state index contributed by atoms with van der Waals surface area (Å²) in [6, 6.07) is 0. The molecule has 0 radical (unpaired) electrons. The molecule has 1 unspecified atom stereocenters. The summed E-state index contributed by atoms with van der Waals surface area (Å²) in [5, 5.41) is 20.5. The molecule has 212 valence electrons. The van der Waals surface area contributed by atoms with Gasteiger partial charge in [-0.15, -0.1) is 0 Å². The molecule has 0 aromatic rings. The van der Waals surface area contributed by atoms with Crippen molar-refractivity contribution in [3.05, 3.63) is 10.4 Å². The molecule has 0 aromatic heterocycles. The SMILES string of the molecule is [N-]=[N+]=NC(CC(=O)O)OCCOCCOCCOCCOCCOCCOCCOCCOCCO. The average Bonchev–Trinajstić information content (AvgIpc) is 2.86. The second-order valence-electron chi connectivity index (χ2n) is 6.75. The van der Waals surface area contributed by atoms with Crippen LogP contribution in [-0.2, 0) is 47.4 Å². The summed E-state index contributed by atoms with van der Waals surface area (Å²) >= 11 is 0. The van der Waals surface area contributed by atoms with Gasteiger partial charge in [-0.3, -0.25) is 4.79 Å². The van der Waals surface area contributed by atoms with Crippen molar-refractivity contribution in [2.24, 2.45) is 5.11 Å². The Morgan fingerprint density at radius 2 is 0.917 bits per heavy atom. The van der Waals surface area contributed by atoms with E-state index in [0.29, 0.717) is 99.1 Å². The normalized spacial score (nSPS) is 11.9. The van der Waals surface area contributed by atoms with Gasteiger partial charge < -0.3 is 52.8 Å². The van der Waals surface area contributed by atoms with Crippen LogP contribution in [0.15, 0.2) is 5.11 Å². The summed E-state index contributed by atoms with van der Waals surface area (Å²) in [5.41, 5.74) is 8.35. The zero-order chi connectivity index (χ0) is 26.4. The van der Waals surface area contributed by atoms with Crippen LogP contribution in [0.3, 0.4) is 0 Å². The van der Waals surface area contributed by atoms with Gasteiger partial charge in [0.2, 0.25) is 0 Å². The summed E-state index contributed by atoms with van der Waals surface area (Å²) in [4.78, 5) is 13.1. The maximum atomic E-state index is 10.6. The zero-order valence-electron chi connectivity index (χ0n) is 20.8. The Morgan fingerprint density at radius 1 is 0.611 bits per heavy atom. The fourth-order valence-electron chi connectivity index (χ4n) is 2.29. The number of carbonyl (C=O) groups is 1. The summed E-state index contributed by atoms with van der Waals surface area (Å²) in [6.45, 7) is 6.97. The molecule has 2 N–H and O–H groups in total. The van der Waals surface area contributed by atoms with Gasteiger partial charge in [-0.2, -0.15) is 0 Å².